The first-order valence-corrected chi connectivity index (χ1v) is 10.5. The largest absolute Gasteiger partial charge is 0.349 e. The van der Waals surface area contributed by atoms with E-state index in [4.69, 9.17) is 0 Å². The van der Waals surface area contributed by atoms with E-state index in [0.717, 1.165) is 49.8 Å². The van der Waals surface area contributed by atoms with Crippen LogP contribution in [0.5, 0.6) is 0 Å². The minimum atomic E-state index is -0.445. The van der Waals surface area contributed by atoms with Crippen molar-refractivity contribution in [1.29, 1.82) is 0 Å². The molecule has 4 heteroatoms. The zero-order valence-electron chi connectivity index (χ0n) is 16.2. The Morgan fingerprint density at radius 1 is 0.821 bits per heavy atom. The van der Waals surface area contributed by atoms with Crippen LogP contribution in [0.25, 0.3) is 0 Å². The van der Waals surface area contributed by atoms with Crippen LogP contribution in [0.15, 0.2) is 54.6 Å². The molecule has 2 aromatic carbocycles. The highest BCUT2D eigenvalue weighted by Crippen LogP contribution is 2.42. The van der Waals surface area contributed by atoms with Crippen LogP contribution in [-0.2, 0) is 10.2 Å². The van der Waals surface area contributed by atoms with Crippen LogP contribution in [0.3, 0.4) is 0 Å². The average Bonchev–Trinajstić information content (AvgIpc) is 3.42. The minimum Gasteiger partial charge on any atom is -0.349 e. The van der Waals surface area contributed by atoms with Gasteiger partial charge in [0.1, 0.15) is 0 Å². The van der Waals surface area contributed by atoms with E-state index in [-0.39, 0.29) is 11.8 Å². The van der Waals surface area contributed by atoms with Crippen molar-refractivity contribution >= 4 is 17.5 Å². The molecule has 4 nitrogen and oxygen atoms in total. The fourth-order valence-corrected chi connectivity index (χ4v) is 4.68. The monoisotopic (exact) mass is 376 g/mol. The summed E-state index contributed by atoms with van der Waals surface area (Å²) in [4.78, 5) is 25.6. The number of rotatable bonds is 5. The van der Waals surface area contributed by atoms with E-state index in [1.165, 1.54) is 12.8 Å². The number of carbonyl (C=O) groups is 2. The molecule has 0 saturated heterocycles. The van der Waals surface area contributed by atoms with Crippen LogP contribution >= 0.6 is 0 Å². The summed E-state index contributed by atoms with van der Waals surface area (Å²) in [6.45, 7) is 0. The lowest BCUT2D eigenvalue weighted by molar-refractivity contribution is -0.121. The van der Waals surface area contributed by atoms with E-state index in [1.54, 1.807) is 12.1 Å². The van der Waals surface area contributed by atoms with Crippen LogP contribution in [0.2, 0.25) is 0 Å². The van der Waals surface area contributed by atoms with E-state index < -0.39 is 5.41 Å². The van der Waals surface area contributed by atoms with Gasteiger partial charge >= 0.3 is 0 Å². The Bertz CT molecular complexity index is 817. The zero-order chi connectivity index (χ0) is 19.4. The molecule has 146 valence electrons. The molecule has 0 radical (unpaired) electrons. The molecule has 0 unspecified atom stereocenters. The Kier molecular flexibility index (Phi) is 5.47. The molecular formula is C24H28N2O2. The number of benzene rings is 2. The van der Waals surface area contributed by atoms with Crippen LogP contribution in [0, 0.1) is 0 Å². The molecule has 2 fully saturated rings. The molecule has 0 atom stereocenters. The van der Waals surface area contributed by atoms with Gasteiger partial charge in [-0.15, -0.1) is 0 Å². The Morgan fingerprint density at radius 3 is 2.11 bits per heavy atom. The third-order valence-corrected chi connectivity index (χ3v) is 6.31. The van der Waals surface area contributed by atoms with Crippen molar-refractivity contribution < 1.29 is 9.59 Å². The number of nitrogens with one attached hydrogen (secondary N) is 2. The lowest BCUT2D eigenvalue weighted by atomic mass is 9.78. The van der Waals surface area contributed by atoms with Crippen molar-refractivity contribution in [3.8, 4) is 0 Å². The normalized spacial score (nSPS) is 18.7. The quantitative estimate of drug-likeness (QED) is 0.787. The van der Waals surface area contributed by atoms with Gasteiger partial charge in [-0.2, -0.15) is 0 Å². The van der Waals surface area contributed by atoms with Crippen molar-refractivity contribution in [2.24, 2.45) is 0 Å². The first kappa shape index (κ1) is 18.7. The number of amides is 2. The highest BCUT2D eigenvalue weighted by atomic mass is 16.2. The van der Waals surface area contributed by atoms with Crippen LogP contribution in [-0.4, -0.2) is 17.9 Å². The summed E-state index contributed by atoms with van der Waals surface area (Å²) in [5.74, 6) is 0.0284. The molecular weight excluding hydrogens is 348 g/mol. The van der Waals surface area contributed by atoms with Gasteiger partial charge in [0.25, 0.3) is 5.91 Å². The predicted octanol–water partition coefficient (Wildman–Crippen LogP) is 4.81. The van der Waals surface area contributed by atoms with Crippen molar-refractivity contribution in [2.75, 3.05) is 5.32 Å². The third kappa shape index (κ3) is 3.82. The fraction of sp³-hybridized carbons (Fsp3) is 0.417. The van der Waals surface area contributed by atoms with E-state index in [2.05, 4.69) is 22.8 Å². The highest BCUT2D eigenvalue weighted by molar-refractivity contribution is 6.00. The molecule has 0 aromatic heterocycles. The maximum absolute atomic E-state index is 13.2. The Labute approximate surface area is 166 Å². The van der Waals surface area contributed by atoms with E-state index in [9.17, 15) is 9.59 Å². The highest BCUT2D eigenvalue weighted by Gasteiger charge is 2.42. The molecule has 28 heavy (non-hydrogen) atoms. The fourth-order valence-electron chi connectivity index (χ4n) is 4.68. The first-order chi connectivity index (χ1) is 13.7. The van der Waals surface area contributed by atoms with Gasteiger partial charge in [-0.25, -0.2) is 0 Å². The molecule has 2 aromatic rings. The number of anilines is 1. The SMILES string of the molecule is O=C(NC1CCCC1)c1ccc(NC(=O)C2(c3ccccc3)CCCC2)cc1. The third-order valence-electron chi connectivity index (χ3n) is 6.31. The second-order valence-electron chi connectivity index (χ2n) is 8.14. The first-order valence-electron chi connectivity index (χ1n) is 10.5. The second kappa shape index (κ2) is 8.17. The van der Waals surface area contributed by atoms with Gasteiger partial charge in [0, 0.05) is 17.3 Å². The second-order valence-corrected chi connectivity index (χ2v) is 8.14. The van der Waals surface area contributed by atoms with Gasteiger partial charge < -0.3 is 10.6 Å². The number of hydrogen-bond acceptors (Lipinski definition) is 2. The van der Waals surface area contributed by atoms with Gasteiger partial charge in [0.2, 0.25) is 5.91 Å². The van der Waals surface area contributed by atoms with Crippen LogP contribution < -0.4 is 10.6 Å². The molecule has 0 spiro atoms. The van der Waals surface area contributed by atoms with Gasteiger partial charge in [-0.3, -0.25) is 9.59 Å². The molecule has 0 aliphatic heterocycles. The molecule has 2 N–H and O–H groups in total. The maximum atomic E-state index is 13.2. The van der Waals surface area contributed by atoms with Gasteiger partial charge in [0.15, 0.2) is 0 Å². The molecule has 2 saturated carbocycles. The van der Waals surface area contributed by atoms with Gasteiger partial charge in [0.05, 0.1) is 5.41 Å². The summed E-state index contributed by atoms with van der Waals surface area (Å²) in [6, 6.07) is 17.7. The van der Waals surface area contributed by atoms with Gasteiger partial charge in [-0.1, -0.05) is 56.0 Å². The summed E-state index contributed by atoms with van der Waals surface area (Å²) in [7, 11) is 0. The van der Waals surface area contributed by atoms with E-state index >= 15 is 0 Å². The Morgan fingerprint density at radius 2 is 1.46 bits per heavy atom. The van der Waals surface area contributed by atoms with Gasteiger partial charge in [-0.05, 0) is 55.5 Å². The predicted molar refractivity (Wildman–Crippen MR) is 111 cm³/mol. The summed E-state index contributed by atoms with van der Waals surface area (Å²) >= 11 is 0. The summed E-state index contributed by atoms with van der Waals surface area (Å²) < 4.78 is 0. The van der Waals surface area contributed by atoms with Crippen LogP contribution in [0.1, 0.15) is 67.3 Å². The molecule has 0 heterocycles. The smallest absolute Gasteiger partial charge is 0.251 e. The zero-order valence-corrected chi connectivity index (χ0v) is 16.2. The lowest BCUT2D eigenvalue weighted by Gasteiger charge is -2.28. The van der Waals surface area contributed by atoms with E-state index in [0.29, 0.717) is 11.6 Å². The molecule has 0 bridgehead atoms. The number of hydrogen-bond donors (Lipinski definition) is 2. The van der Waals surface area contributed by atoms with Crippen LogP contribution in [0.4, 0.5) is 5.69 Å². The maximum Gasteiger partial charge on any atom is 0.251 e. The van der Waals surface area contributed by atoms with Crippen molar-refractivity contribution in [2.45, 2.75) is 62.8 Å². The molecule has 4 rings (SSSR count). The minimum absolute atomic E-state index is 0.0266. The molecule has 2 aliphatic carbocycles. The number of carbonyl (C=O) groups excluding carboxylic acids is 2. The average molecular weight is 377 g/mol. The summed E-state index contributed by atoms with van der Waals surface area (Å²) in [6.07, 6.45) is 8.43. The lowest BCUT2D eigenvalue weighted by Crippen LogP contribution is -2.38. The molecule has 2 amide bonds. The van der Waals surface area contributed by atoms with Crippen molar-refractivity contribution in [1.82, 2.24) is 5.32 Å². The van der Waals surface area contributed by atoms with Crippen molar-refractivity contribution in [3.63, 3.8) is 0 Å². The summed E-state index contributed by atoms with van der Waals surface area (Å²) in [5, 5.41) is 6.19. The van der Waals surface area contributed by atoms with Crippen molar-refractivity contribution in [3.05, 3.63) is 65.7 Å². The summed E-state index contributed by atoms with van der Waals surface area (Å²) in [5.41, 5.74) is 2.03. The molecule has 2 aliphatic rings. The Balaban J connectivity index is 1.44. The topological polar surface area (TPSA) is 58.2 Å². The standard InChI is InChI=1S/C24H28N2O2/c27-22(25-20-10-4-5-11-20)18-12-14-21(15-13-18)26-23(28)24(16-6-7-17-24)19-8-2-1-3-9-19/h1-3,8-9,12-15,20H,4-7,10-11,16-17H2,(H,25,27)(H,26,28). The van der Waals surface area contributed by atoms with E-state index in [1.807, 2.05) is 30.3 Å². The Hall–Kier alpha value is -2.62.